The van der Waals surface area contributed by atoms with E-state index in [4.69, 9.17) is 4.74 Å². The Morgan fingerprint density at radius 2 is 1.71 bits per heavy atom. The minimum absolute atomic E-state index is 0.0742. The molecular weight excluding hydrogens is 306 g/mol. The predicted molar refractivity (Wildman–Crippen MR) is 92.2 cm³/mol. The molecule has 0 saturated heterocycles. The first-order valence-corrected chi connectivity index (χ1v) is 7.70. The van der Waals surface area contributed by atoms with Crippen molar-refractivity contribution in [3.8, 4) is 5.75 Å². The average Bonchev–Trinajstić information content (AvgIpc) is 2.56. The third-order valence-electron chi connectivity index (χ3n) is 3.76. The summed E-state index contributed by atoms with van der Waals surface area (Å²) in [6.07, 6.45) is 0.251. The van der Waals surface area contributed by atoms with Gasteiger partial charge in [-0.1, -0.05) is 29.8 Å². The van der Waals surface area contributed by atoms with Gasteiger partial charge in [0.1, 0.15) is 5.75 Å². The van der Waals surface area contributed by atoms with E-state index in [9.17, 15) is 14.7 Å². The summed E-state index contributed by atoms with van der Waals surface area (Å²) in [6, 6.07) is 14.6. The van der Waals surface area contributed by atoms with Gasteiger partial charge in [0.05, 0.1) is 13.0 Å². The van der Waals surface area contributed by atoms with Gasteiger partial charge in [0.2, 0.25) is 5.91 Å². The van der Waals surface area contributed by atoms with Crippen LogP contribution in [-0.4, -0.2) is 24.1 Å². The molecule has 1 amide bonds. The molecule has 0 radical (unpaired) electrons. The van der Waals surface area contributed by atoms with Crippen LogP contribution in [0.1, 0.15) is 17.5 Å². The molecule has 0 saturated carbocycles. The number of rotatable bonds is 7. The molecule has 0 bridgehead atoms. The lowest BCUT2D eigenvalue weighted by atomic mass is 9.95. The number of hydrogen-bond donors (Lipinski definition) is 2. The van der Waals surface area contributed by atoms with E-state index in [0.29, 0.717) is 17.9 Å². The van der Waals surface area contributed by atoms with Crippen LogP contribution in [0.5, 0.6) is 5.75 Å². The van der Waals surface area contributed by atoms with Crippen LogP contribution in [0.15, 0.2) is 48.5 Å². The fraction of sp³-hybridized carbons (Fsp3) is 0.263. The second kappa shape index (κ2) is 8.15. The second-order valence-electron chi connectivity index (χ2n) is 5.71. The molecule has 2 aromatic rings. The van der Waals surface area contributed by atoms with Crippen molar-refractivity contribution in [3.05, 3.63) is 59.7 Å². The van der Waals surface area contributed by atoms with Gasteiger partial charge in [-0.25, -0.2) is 0 Å². The van der Waals surface area contributed by atoms with Crippen molar-refractivity contribution in [2.45, 2.75) is 19.8 Å². The van der Waals surface area contributed by atoms with Crippen LogP contribution in [0.4, 0.5) is 5.69 Å². The van der Waals surface area contributed by atoms with Gasteiger partial charge in [-0.3, -0.25) is 9.59 Å². The van der Waals surface area contributed by atoms with E-state index >= 15 is 0 Å². The number of aryl methyl sites for hydroxylation is 1. The highest BCUT2D eigenvalue weighted by Gasteiger charge is 2.21. The molecule has 0 fully saturated rings. The number of methoxy groups -OCH3 is 1. The monoisotopic (exact) mass is 327 g/mol. The largest absolute Gasteiger partial charge is 0.497 e. The summed E-state index contributed by atoms with van der Waals surface area (Å²) in [5.41, 5.74) is 2.63. The van der Waals surface area contributed by atoms with Gasteiger partial charge in [-0.2, -0.15) is 0 Å². The van der Waals surface area contributed by atoms with Crippen molar-refractivity contribution in [2.75, 3.05) is 12.4 Å². The molecule has 0 heterocycles. The van der Waals surface area contributed by atoms with E-state index in [1.807, 2.05) is 31.2 Å². The van der Waals surface area contributed by atoms with Crippen LogP contribution >= 0.6 is 0 Å². The van der Waals surface area contributed by atoms with E-state index in [1.54, 1.807) is 31.4 Å². The fourth-order valence-electron chi connectivity index (χ4n) is 2.37. The Bertz CT molecular complexity index is 692. The first-order valence-electron chi connectivity index (χ1n) is 7.70. The van der Waals surface area contributed by atoms with E-state index in [-0.39, 0.29) is 12.3 Å². The van der Waals surface area contributed by atoms with Crippen molar-refractivity contribution >= 4 is 17.6 Å². The van der Waals surface area contributed by atoms with Crippen molar-refractivity contribution < 1.29 is 19.4 Å². The summed E-state index contributed by atoms with van der Waals surface area (Å²) in [5.74, 6) is -1.36. The zero-order valence-electron chi connectivity index (χ0n) is 13.8. The third-order valence-corrected chi connectivity index (χ3v) is 3.76. The van der Waals surface area contributed by atoms with Gasteiger partial charge in [-0.15, -0.1) is 0 Å². The summed E-state index contributed by atoms with van der Waals surface area (Å²) in [5, 5.41) is 12.1. The SMILES string of the molecule is COc1ccc(NC(=O)C[C@@H](Cc2ccc(C)cc2)C(=O)O)cc1. The van der Waals surface area contributed by atoms with E-state index in [0.717, 1.165) is 11.1 Å². The van der Waals surface area contributed by atoms with Gasteiger partial charge in [0, 0.05) is 12.1 Å². The van der Waals surface area contributed by atoms with Crippen LogP contribution in [0.3, 0.4) is 0 Å². The standard InChI is InChI=1S/C19H21NO4/c1-13-3-5-14(6-4-13)11-15(19(22)23)12-18(21)20-16-7-9-17(24-2)10-8-16/h3-10,15H,11-12H2,1-2H3,(H,20,21)(H,22,23)/t15-/m1/s1. The summed E-state index contributed by atoms with van der Waals surface area (Å²) in [6.45, 7) is 1.97. The summed E-state index contributed by atoms with van der Waals surface area (Å²) in [7, 11) is 1.57. The average molecular weight is 327 g/mol. The van der Waals surface area contributed by atoms with Crippen LogP contribution in [-0.2, 0) is 16.0 Å². The lowest BCUT2D eigenvalue weighted by molar-refractivity contribution is -0.143. The molecule has 2 aromatic carbocycles. The number of aliphatic carboxylic acids is 1. The van der Waals surface area contributed by atoms with Crippen LogP contribution in [0.2, 0.25) is 0 Å². The molecule has 2 rings (SSSR count). The normalized spacial score (nSPS) is 11.6. The van der Waals surface area contributed by atoms with Crippen LogP contribution in [0.25, 0.3) is 0 Å². The molecule has 0 aliphatic heterocycles. The number of hydrogen-bond acceptors (Lipinski definition) is 3. The number of carbonyl (C=O) groups excluding carboxylic acids is 1. The van der Waals surface area contributed by atoms with E-state index in [1.165, 1.54) is 0 Å². The Morgan fingerprint density at radius 1 is 1.08 bits per heavy atom. The molecule has 0 aromatic heterocycles. The highest BCUT2D eigenvalue weighted by Crippen LogP contribution is 2.18. The zero-order valence-corrected chi connectivity index (χ0v) is 13.8. The fourth-order valence-corrected chi connectivity index (χ4v) is 2.37. The highest BCUT2D eigenvalue weighted by atomic mass is 16.5. The van der Waals surface area contributed by atoms with Crippen LogP contribution < -0.4 is 10.1 Å². The number of carbonyl (C=O) groups is 2. The minimum atomic E-state index is -0.972. The predicted octanol–water partition coefficient (Wildman–Crippen LogP) is 3.28. The molecule has 5 nitrogen and oxygen atoms in total. The third kappa shape index (κ3) is 5.12. The van der Waals surface area contributed by atoms with Gasteiger partial charge >= 0.3 is 5.97 Å². The first-order chi connectivity index (χ1) is 11.5. The van der Waals surface area contributed by atoms with Gasteiger partial charge in [0.15, 0.2) is 0 Å². The Morgan fingerprint density at radius 3 is 2.25 bits per heavy atom. The maximum Gasteiger partial charge on any atom is 0.307 e. The van der Waals surface area contributed by atoms with Crippen molar-refractivity contribution in [1.82, 2.24) is 0 Å². The number of nitrogens with one attached hydrogen (secondary N) is 1. The molecule has 0 aliphatic rings. The van der Waals surface area contributed by atoms with E-state index < -0.39 is 11.9 Å². The molecular formula is C19H21NO4. The number of ether oxygens (including phenoxy) is 1. The summed E-state index contributed by atoms with van der Waals surface area (Å²) in [4.78, 5) is 23.6. The lowest BCUT2D eigenvalue weighted by Crippen LogP contribution is -2.24. The number of anilines is 1. The highest BCUT2D eigenvalue weighted by molar-refractivity contribution is 5.93. The summed E-state index contributed by atoms with van der Waals surface area (Å²) >= 11 is 0. The Kier molecular flexibility index (Phi) is 5.95. The molecule has 2 N–H and O–H groups in total. The Hall–Kier alpha value is -2.82. The van der Waals surface area contributed by atoms with Crippen molar-refractivity contribution in [3.63, 3.8) is 0 Å². The molecule has 0 spiro atoms. The Balaban J connectivity index is 1.97. The lowest BCUT2D eigenvalue weighted by Gasteiger charge is -2.13. The van der Waals surface area contributed by atoms with E-state index in [2.05, 4.69) is 5.32 Å². The number of benzene rings is 2. The maximum absolute atomic E-state index is 12.1. The van der Waals surface area contributed by atoms with Gasteiger partial charge in [-0.05, 0) is 43.2 Å². The molecule has 1 atom stereocenters. The van der Waals surface area contributed by atoms with Gasteiger partial charge < -0.3 is 15.2 Å². The van der Waals surface area contributed by atoms with Crippen molar-refractivity contribution in [1.29, 1.82) is 0 Å². The Labute approximate surface area is 141 Å². The quantitative estimate of drug-likeness (QED) is 0.818. The summed E-state index contributed by atoms with van der Waals surface area (Å²) < 4.78 is 5.05. The molecule has 24 heavy (non-hydrogen) atoms. The first kappa shape index (κ1) is 17.5. The maximum atomic E-state index is 12.1. The minimum Gasteiger partial charge on any atom is -0.497 e. The number of carboxylic acid groups (broad SMARTS) is 1. The topological polar surface area (TPSA) is 75.6 Å². The molecule has 0 unspecified atom stereocenters. The van der Waals surface area contributed by atoms with Gasteiger partial charge in [0.25, 0.3) is 0 Å². The smallest absolute Gasteiger partial charge is 0.307 e. The molecule has 5 heteroatoms. The second-order valence-corrected chi connectivity index (χ2v) is 5.71. The molecule has 126 valence electrons. The number of amides is 1. The molecule has 0 aliphatic carbocycles. The van der Waals surface area contributed by atoms with Crippen LogP contribution in [0, 0.1) is 12.8 Å². The number of carboxylic acids is 1. The van der Waals surface area contributed by atoms with Crippen molar-refractivity contribution in [2.24, 2.45) is 5.92 Å². The zero-order chi connectivity index (χ0) is 17.5.